The van der Waals surface area contributed by atoms with Gasteiger partial charge in [0.25, 0.3) is 5.91 Å². The van der Waals surface area contributed by atoms with E-state index in [-0.39, 0.29) is 11.6 Å². The molecule has 30 heavy (non-hydrogen) atoms. The quantitative estimate of drug-likeness (QED) is 0.758. The number of hydrogen-bond donors (Lipinski definition) is 2. The van der Waals surface area contributed by atoms with E-state index in [0.717, 1.165) is 42.0 Å². The highest BCUT2D eigenvalue weighted by Crippen LogP contribution is 2.53. The van der Waals surface area contributed by atoms with Gasteiger partial charge >= 0.3 is 6.18 Å². The van der Waals surface area contributed by atoms with Crippen LogP contribution in [0.25, 0.3) is 0 Å². The molecular formula is C22H30F3N3O2. The SMILES string of the molecule is O=C(N[C@H]1CCC2CC3CC(C2)C1C3)c1cnn([C@H]2CC[C@@H](O)CC2)c1C(F)(F)F. The number of nitrogens with zero attached hydrogens (tertiary/aromatic N) is 2. The number of nitrogens with one attached hydrogen (secondary N) is 1. The number of hydrogen-bond acceptors (Lipinski definition) is 3. The molecule has 5 nitrogen and oxygen atoms in total. The molecule has 2 N–H and O–H groups in total. The van der Waals surface area contributed by atoms with Crippen LogP contribution in [0.3, 0.4) is 0 Å². The molecule has 5 atom stereocenters. The fourth-order valence-corrected chi connectivity index (χ4v) is 6.91. The molecule has 4 unspecified atom stereocenters. The molecule has 8 heteroatoms. The Balaban J connectivity index is 1.38. The van der Waals surface area contributed by atoms with Crippen LogP contribution in [0.15, 0.2) is 6.20 Å². The zero-order chi connectivity index (χ0) is 21.0. The van der Waals surface area contributed by atoms with E-state index in [1.807, 2.05) is 0 Å². The number of carbonyl (C=O) groups excluding carboxylic acids is 1. The number of fused-ring (bicyclic) bond motifs is 2. The third kappa shape index (κ3) is 3.65. The zero-order valence-electron chi connectivity index (χ0n) is 17.1. The van der Waals surface area contributed by atoms with Gasteiger partial charge in [-0.1, -0.05) is 0 Å². The van der Waals surface area contributed by atoms with E-state index in [0.29, 0.717) is 37.5 Å². The maximum atomic E-state index is 14.0. The van der Waals surface area contributed by atoms with Crippen LogP contribution >= 0.6 is 0 Å². The molecule has 5 rings (SSSR count). The van der Waals surface area contributed by atoms with Gasteiger partial charge in [0.2, 0.25) is 0 Å². The van der Waals surface area contributed by atoms with Crippen LogP contribution in [0.2, 0.25) is 0 Å². The molecule has 1 amide bonds. The second-order valence-electron chi connectivity index (χ2n) is 10.1. The van der Waals surface area contributed by atoms with Crippen molar-refractivity contribution in [2.45, 2.75) is 88.6 Å². The van der Waals surface area contributed by atoms with Crippen LogP contribution in [-0.4, -0.2) is 32.9 Å². The number of alkyl halides is 3. The highest BCUT2D eigenvalue weighted by atomic mass is 19.4. The maximum Gasteiger partial charge on any atom is 0.433 e. The summed E-state index contributed by atoms with van der Waals surface area (Å²) >= 11 is 0. The molecule has 4 fully saturated rings. The first-order valence-corrected chi connectivity index (χ1v) is 11.4. The predicted molar refractivity (Wildman–Crippen MR) is 104 cm³/mol. The zero-order valence-corrected chi connectivity index (χ0v) is 17.1. The number of aliphatic hydroxyl groups is 1. The highest BCUT2D eigenvalue weighted by Gasteiger charge is 2.47. The number of aromatic nitrogens is 2. The summed E-state index contributed by atoms with van der Waals surface area (Å²) in [4.78, 5) is 13.0. The van der Waals surface area contributed by atoms with Crippen LogP contribution in [0.1, 0.15) is 86.3 Å². The molecule has 3 bridgehead atoms. The third-order valence-corrected chi connectivity index (χ3v) is 8.19. The van der Waals surface area contributed by atoms with Crippen molar-refractivity contribution in [3.05, 3.63) is 17.5 Å². The smallest absolute Gasteiger partial charge is 0.393 e. The Hall–Kier alpha value is -1.57. The average molecular weight is 425 g/mol. The van der Waals surface area contributed by atoms with E-state index >= 15 is 0 Å². The molecule has 0 aromatic carbocycles. The fraction of sp³-hybridized carbons (Fsp3) is 0.818. The third-order valence-electron chi connectivity index (χ3n) is 8.19. The number of carbonyl (C=O) groups is 1. The molecule has 0 saturated heterocycles. The highest BCUT2D eigenvalue weighted by molar-refractivity contribution is 5.95. The molecule has 166 valence electrons. The van der Waals surface area contributed by atoms with Crippen molar-refractivity contribution in [2.24, 2.45) is 23.7 Å². The fourth-order valence-electron chi connectivity index (χ4n) is 6.91. The van der Waals surface area contributed by atoms with Gasteiger partial charge in [-0.05, 0) is 87.9 Å². The lowest BCUT2D eigenvalue weighted by molar-refractivity contribution is -0.145. The monoisotopic (exact) mass is 425 g/mol. The van der Waals surface area contributed by atoms with E-state index in [1.54, 1.807) is 0 Å². The summed E-state index contributed by atoms with van der Waals surface area (Å²) in [5.74, 6) is 1.82. The Labute approximate surface area is 174 Å². The van der Waals surface area contributed by atoms with Crippen molar-refractivity contribution in [1.82, 2.24) is 15.1 Å². The van der Waals surface area contributed by atoms with Gasteiger partial charge in [-0.3, -0.25) is 9.48 Å². The van der Waals surface area contributed by atoms with Gasteiger partial charge < -0.3 is 10.4 Å². The van der Waals surface area contributed by atoms with Crippen LogP contribution < -0.4 is 5.32 Å². The molecule has 4 aliphatic rings. The van der Waals surface area contributed by atoms with E-state index in [2.05, 4.69) is 10.4 Å². The van der Waals surface area contributed by atoms with Crippen molar-refractivity contribution in [3.8, 4) is 0 Å². The first kappa shape index (κ1) is 20.3. The summed E-state index contributed by atoms with van der Waals surface area (Å²) in [5, 5.41) is 16.7. The second kappa shape index (κ2) is 7.53. The summed E-state index contributed by atoms with van der Waals surface area (Å²) in [7, 11) is 0. The van der Waals surface area contributed by atoms with Crippen LogP contribution in [-0.2, 0) is 6.18 Å². The topological polar surface area (TPSA) is 67.2 Å². The minimum atomic E-state index is -4.65. The van der Waals surface area contributed by atoms with E-state index in [4.69, 9.17) is 0 Å². The Bertz CT molecular complexity index is 800. The normalized spacial score (nSPS) is 38.5. The molecule has 0 spiro atoms. The van der Waals surface area contributed by atoms with Crippen molar-refractivity contribution in [2.75, 3.05) is 0 Å². The Kier molecular flexibility index (Phi) is 5.11. The Morgan fingerprint density at radius 3 is 2.50 bits per heavy atom. The molecule has 0 aliphatic heterocycles. The average Bonchev–Trinajstić information content (AvgIpc) is 3.23. The van der Waals surface area contributed by atoms with Crippen molar-refractivity contribution in [1.29, 1.82) is 0 Å². The Morgan fingerprint density at radius 1 is 1.03 bits per heavy atom. The molecule has 1 heterocycles. The van der Waals surface area contributed by atoms with Gasteiger partial charge in [-0.25, -0.2) is 0 Å². The maximum absolute atomic E-state index is 14.0. The van der Waals surface area contributed by atoms with Gasteiger partial charge in [0.05, 0.1) is 23.9 Å². The minimum Gasteiger partial charge on any atom is -0.393 e. The summed E-state index contributed by atoms with van der Waals surface area (Å²) in [6.45, 7) is 0. The summed E-state index contributed by atoms with van der Waals surface area (Å²) < 4.78 is 42.9. The lowest BCUT2D eigenvalue weighted by Crippen LogP contribution is -2.41. The van der Waals surface area contributed by atoms with E-state index in [9.17, 15) is 23.1 Å². The Morgan fingerprint density at radius 2 is 1.77 bits per heavy atom. The number of rotatable bonds is 3. The first-order chi connectivity index (χ1) is 14.3. The molecule has 4 aliphatic carbocycles. The minimum absolute atomic E-state index is 0.0351. The molecule has 1 aromatic rings. The van der Waals surface area contributed by atoms with Crippen molar-refractivity contribution < 1.29 is 23.1 Å². The van der Waals surface area contributed by atoms with E-state index < -0.39 is 29.9 Å². The van der Waals surface area contributed by atoms with Gasteiger partial charge in [0.1, 0.15) is 0 Å². The summed E-state index contributed by atoms with van der Waals surface area (Å²) in [6.07, 6.45) is 4.48. The lowest BCUT2D eigenvalue weighted by atomic mass is 9.80. The largest absolute Gasteiger partial charge is 0.433 e. The first-order valence-electron chi connectivity index (χ1n) is 11.4. The summed E-state index contributed by atoms with van der Waals surface area (Å²) in [6, 6.07) is -0.470. The molecule has 1 aromatic heterocycles. The molecular weight excluding hydrogens is 395 g/mol. The lowest BCUT2D eigenvalue weighted by Gasteiger charge is -2.28. The molecule has 4 saturated carbocycles. The van der Waals surface area contributed by atoms with Crippen LogP contribution in [0, 0.1) is 23.7 Å². The van der Waals surface area contributed by atoms with Crippen LogP contribution in [0.4, 0.5) is 13.2 Å². The van der Waals surface area contributed by atoms with Crippen molar-refractivity contribution in [3.63, 3.8) is 0 Å². The van der Waals surface area contributed by atoms with Gasteiger partial charge in [0.15, 0.2) is 5.69 Å². The second-order valence-corrected chi connectivity index (χ2v) is 10.1. The number of amides is 1. The number of aliphatic hydroxyl groups excluding tert-OH is 1. The van der Waals surface area contributed by atoms with Gasteiger partial charge in [-0.15, -0.1) is 0 Å². The predicted octanol–water partition coefficient (Wildman–Crippen LogP) is 4.32. The standard InChI is InChI=1S/C22H30F3N3O2/c23-22(24,25)20-18(11-26-28(20)15-2-4-16(29)5-3-15)21(30)27-19-6-1-12-7-13-9-14(8-12)17(19)10-13/h11-17,19,29H,1-10H2,(H,27,30)/t12?,13?,14?,15-,16+,17?,19-/m0/s1. The number of halogens is 3. The van der Waals surface area contributed by atoms with Gasteiger partial charge in [-0.2, -0.15) is 18.3 Å². The summed E-state index contributed by atoms with van der Waals surface area (Å²) in [5.41, 5.74) is -1.31. The van der Waals surface area contributed by atoms with Crippen molar-refractivity contribution >= 4 is 5.91 Å². The molecule has 0 radical (unpaired) electrons. The van der Waals surface area contributed by atoms with Crippen LogP contribution in [0.5, 0.6) is 0 Å². The van der Waals surface area contributed by atoms with E-state index in [1.165, 1.54) is 19.3 Å². The van der Waals surface area contributed by atoms with Gasteiger partial charge in [0, 0.05) is 6.04 Å².